The molecule has 1 atom stereocenters. The second-order valence-corrected chi connectivity index (χ2v) is 6.09. The number of rotatable bonds is 7. The van der Waals surface area contributed by atoms with E-state index in [1.54, 1.807) is 0 Å². The molecule has 0 radical (unpaired) electrons. The lowest BCUT2D eigenvalue weighted by atomic mass is 9.77. The van der Waals surface area contributed by atoms with E-state index in [1.165, 1.54) is 0 Å². The topological polar surface area (TPSA) is 115 Å². The molecule has 5 N–H and O–H groups in total. The second kappa shape index (κ2) is 7.26. The molecule has 6 heteroatoms. The maximum Gasteiger partial charge on any atom is 0.240 e. The predicted molar refractivity (Wildman–Crippen MR) is 86.1 cm³/mol. The molecule has 0 aliphatic heterocycles. The van der Waals surface area contributed by atoms with Gasteiger partial charge in [0.2, 0.25) is 17.7 Å². The fourth-order valence-electron chi connectivity index (χ4n) is 3.25. The highest BCUT2D eigenvalue weighted by atomic mass is 16.2. The Bertz CT molecular complexity index is 580. The van der Waals surface area contributed by atoms with E-state index in [-0.39, 0.29) is 18.7 Å². The second-order valence-electron chi connectivity index (χ2n) is 6.09. The summed E-state index contributed by atoms with van der Waals surface area (Å²) in [6.45, 7) is 0. The molecular formula is C17H23N3O3. The third-order valence-corrected chi connectivity index (χ3v) is 4.55. The number of nitrogens with two attached hydrogens (primary N) is 2. The zero-order chi connectivity index (χ0) is 16.9. The maximum absolute atomic E-state index is 12.9. The molecule has 1 aromatic rings. The molecule has 0 saturated heterocycles. The molecule has 1 aliphatic carbocycles. The van der Waals surface area contributed by atoms with Crippen molar-refractivity contribution in [3.63, 3.8) is 0 Å². The summed E-state index contributed by atoms with van der Waals surface area (Å²) in [7, 11) is 0. The van der Waals surface area contributed by atoms with Crippen LogP contribution in [0.15, 0.2) is 30.3 Å². The van der Waals surface area contributed by atoms with Gasteiger partial charge in [0.25, 0.3) is 0 Å². The standard InChI is InChI=1S/C17H23N3O3/c18-14(21)9-8-13(15(19)22)20-16(23)17(10-4-5-11-17)12-6-2-1-3-7-12/h1-3,6-7,13H,4-5,8-11H2,(H2,18,21)(H2,19,22)(H,20,23). The van der Waals surface area contributed by atoms with Crippen molar-refractivity contribution in [3.05, 3.63) is 35.9 Å². The maximum atomic E-state index is 12.9. The van der Waals surface area contributed by atoms with Gasteiger partial charge in [0, 0.05) is 6.42 Å². The summed E-state index contributed by atoms with van der Waals surface area (Å²) in [5.74, 6) is -1.38. The van der Waals surface area contributed by atoms with E-state index in [1.807, 2.05) is 30.3 Å². The van der Waals surface area contributed by atoms with Crippen molar-refractivity contribution in [1.82, 2.24) is 5.32 Å². The number of amides is 3. The Morgan fingerprint density at radius 1 is 1.09 bits per heavy atom. The van der Waals surface area contributed by atoms with Crippen LogP contribution in [0.3, 0.4) is 0 Å². The fraction of sp³-hybridized carbons (Fsp3) is 0.471. The molecule has 124 valence electrons. The van der Waals surface area contributed by atoms with Gasteiger partial charge in [0.15, 0.2) is 0 Å². The van der Waals surface area contributed by atoms with Gasteiger partial charge in [-0.25, -0.2) is 0 Å². The number of hydrogen-bond acceptors (Lipinski definition) is 3. The Hall–Kier alpha value is -2.37. The lowest BCUT2D eigenvalue weighted by Crippen LogP contribution is -2.51. The van der Waals surface area contributed by atoms with Crippen LogP contribution in [0.5, 0.6) is 0 Å². The minimum Gasteiger partial charge on any atom is -0.370 e. The van der Waals surface area contributed by atoms with Gasteiger partial charge in [-0.1, -0.05) is 43.2 Å². The average molecular weight is 317 g/mol. The van der Waals surface area contributed by atoms with Crippen LogP contribution in [0.1, 0.15) is 44.1 Å². The summed E-state index contributed by atoms with van der Waals surface area (Å²) >= 11 is 0. The number of primary amides is 2. The normalized spacial score (nSPS) is 17.4. The summed E-state index contributed by atoms with van der Waals surface area (Å²) in [5.41, 5.74) is 10.8. The van der Waals surface area contributed by atoms with Crippen LogP contribution < -0.4 is 16.8 Å². The number of benzene rings is 1. The van der Waals surface area contributed by atoms with Gasteiger partial charge in [-0.15, -0.1) is 0 Å². The van der Waals surface area contributed by atoms with Crippen LogP contribution in [0.2, 0.25) is 0 Å². The van der Waals surface area contributed by atoms with Crippen LogP contribution in [0.25, 0.3) is 0 Å². The van der Waals surface area contributed by atoms with Crippen molar-refractivity contribution in [3.8, 4) is 0 Å². The number of hydrogen-bond donors (Lipinski definition) is 3. The molecule has 6 nitrogen and oxygen atoms in total. The molecular weight excluding hydrogens is 294 g/mol. The highest BCUT2D eigenvalue weighted by Gasteiger charge is 2.43. The van der Waals surface area contributed by atoms with Gasteiger partial charge in [-0.3, -0.25) is 14.4 Å². The Kier molecular flexibility index (Phi) is 5.36. The van der Waals surface area contributed by atoms with Crippen molar-refractivity contribution in [2.45, 2.75) is 50.0 Å². The van der Waals surface area contributed by atoms with Gasteiger partial charge in [-0.05, 0) is 24.8 Å². The van der Waals surface area contributed by atoms with E-state index in [2.05, 4.69) is 5.32 Å². The molecule has 1 fully saturated rings. The molecule has 23 heavy (non-hydrogen) atoms. The van der Waals surface area contributed by atoms with E-state index < -0.39 is 23.3 Å². The highest BCUT2D eigenvalue weighted by molar-refractivity contribution is 5.93. The molecule has 2 rings (SSSR count). The first kappa shape index (κ1) is 17.0. The van der Waals surface area contributed by atoms with Gasteiger partial charge < -0.3 is 16.8 Å². The minimum absolute atomic E-state index is 0.00617. The molecule has 0 bridgehead atoms. The zero-order valence-electron chi connectivity index (χ0n) is 13.1. The van der Waals surface area contributed by atoms with Crippen LogP contribution in [0, 0.1) is 0 Å². The quantitative estimate of drug-likeness (QED) is 0.688. The van der Waals surface area contributed by atoms with E-state index in [4.69, 9.17) is 11.5 Å². The molecule has 0 heterocycles. The summed E-state index contributed by atoms with van der Waals surface area (Å²) in [6.07, 6.45) is 3.54. The molecule has 1 saturated carbocycles. The number of carbonyl (C=O) groups excluding carboxylic acids is 3. The van der Waals surface area contributed by atoms with Crippen molar-refractivity contribution >= 4 is 17.7 Å². The molecule has 3 amide bonds. The van der Waals surface area contributed by atoms with E-state index in [0.29, 0.717) is 0 Å². The molecule has 1 aromatic carbocycles. The van der Waals surface area contributed by atoms with Crippen LogP contribution in [-0.4, -0.2) is 23.8 Å². The van der Waals surface area contributed by atoms with E-state index in [0.717, 1.165) is 31.2 Å². The number of nitrogens with one attached hydrogen (secondary N) is 1. The van der Waals surface area contributed by atoms with Gasteiger partial charge in [0.05, 0.1) is 5.41 Å². The molecule has 1 unspecified atom stereocenters. The van der Waals surface area contributed by atoms with Crippen molar-refractivity contribution in [2.24, 2.45) is 11.5 Å². The first-order valence-electron chi connectivity index (χ1n) is 7.90. The first-order valence-corrected chi connectivity index (χ1v) is 7.90. The predicted octanol–water partition coefficient (Wildman–Crippen LogP) is 0.734. The lowest BCUT2D eigenvalue weighted by molar-refractivity contribution is -0.131. The lowest BCUT2D eigenvalue weighted by Gasteiger charge is -2.30. The summed E-state index contributed by atoms with van der Waals surface area (Å²) in [6, 6.07) is 8.71. The third kappa shape index (κ3) is 3.88. The molecule has 1 aliphatic rings. The first-order chi connectivity index (χ1) is 11.0. The monoisotopic (exact) mass is 317 g/mol. The van der Waals surface area contributed by atoms with Crippen LogP contribution in [0.4, 0.5) is 0 Å². The number of carbonyl (C=O) groups is 3. The van der Waals surface area contributed by atoms with E-state index in [9.17, 15) is 14.4 Å². The Morgan fingerprint density at radius 2 is 1.70 bits per heavy atom. The van der Waals surface area contributed by atoms with Crippen LogP contribution >= 0.6 is 0 Å². The van der Waals surface area contributed by atoms with Gasteiger partial charge in [0.1, 0.15) is 6.04 Å². The third-order valence-electron chi connectivity index (χ3n) is 4.55. The average Bonchev–Trinajstić information content (AvgIpc) is 3.02. The minimum atomic E-state index is -0.879. The Labute approximate surface area is 135 Å². The van der Waals surface area contributed by atoms with Gasteiger partial charge in [-0.2, -0.15) is 0 Å². The van der Waals surface area contributed by atoms with Crippen molar-refractivity contribution in [1.29, 1.82) is 0 Å². The summed E-state index contributed by atoms with van der Waals surface area (Å²) in [5, 5.41) is 2.73. The largest absolute Gasteiger partial charge is 0.370 e. The summed E-state index contributed by atoms with van der Waals surface area (Å²) in [4.78, 5) is 35.4. The summed E-state index contributed by atoms with van der Waals surface area (Å²) < 4.78 is 0. The molecule has 0 aromatic heterocycles. The SMILES string of the molecule is NC(=O)CCC(NC(=O)C1(c2ccccc2)CCCC1)C(N)=O. The Balaban J connectivity index is 2.18. The van der Waals surface area contributed by atoms with Crippen molar-refractivity contribution in [2.75, 3.05) is 0 Å². The van der Waals surface area contributed by atoms with E-state index >= 15 is 0 Å². The fourth-order valence-corrected chi connectivity index (χ4v) is 3.25. The zero-order valence-corrected chi connectivity index (χ0v) is 13.1. The van der Waals surface area contributed by atoms with Gasteiger partial charge >= 0.3 is 0 Å². The smallest absolute Gasteiger partial charge is 0.240 e. The highest BCUT2D eigenvalue weighted by Crippen LogP contribution is 2.41. The van der Waals surface area contributed by atoms with Crippen LogP contribution in [-0.2, 0) is 19.8 Å². The van der Waals surface area contributed by atoms with Crippen molar-refractivity contribution < 1.29 is 14.4 Å². The molecule has 0 spiro atoms. The Morgan fingerprint density at radius 3 is 2.22 bits per heavy atom.